The van der Waals surface area contributed by atoms with E-state index in [9.17, 15) is 4.79 Å². The fourth-order valence-corrected chi connectivity index (χ4v) is 2.56. The zero-order valence-corrected chi connectivity index (χ0v) is 12.1. The van der Waals surface area contributed by atoms with Crippen LogP contribution >= 0.6 is 0 Å². The van der Waals surface area contributed by atoms with Crippen LogP contribution in [-0.4, -0.2) is 41.1 Å². The van der Waals surface area contributed by atoms with Crippen molar-refractivity contribution in [1.82, 2.24) is 15.0 Å². The molecule has 0 aliphatic carbocycles. The maximum Gasteiger partial charge on any atom is 0.254 e. The lowest BCUT2D eigenvalue weighted by atomic mass is 10.1. The van der Waals surface area contributed by atoms with Crippen LogP contribution in [0.3, 0.4) is 0 Å². The van der Waals surface area contributed by atoms with Gasteiger partial charge >= 0.3 is 0 Å². The van der Waals surface area contributed by atoms with Crippen LogP contribution in [0, 0.1) is 6.92 Å². The highest BCUT2D eigenvalue weighted by Gasteiger charge is 2.31. The third-order valence-electron chi connectivity index (χ3n) is 3.68. The summed E-state index contributed by atoms with van der Waals surface area (Å²) < 4.78 is 10.4. The lowest BCUT2D eigenvalue weighted by molar-refractivity contribution is 0.0789. The number of aryl methyl sites for hydroxylation is 1. The molecule has 2 heterocycles. The maximum atomic E-state index is 12.5. The van der Waals surface area contributed by atoms with Crippen LogP contribution < -0.4 is 4.74 Å². The van der Waals surface area contributed by atoms with Gasteiger partial charge in [0.05, 0.1) is 13.0 Å². The van der Waals surface area contributed by atoms with Gasteiger partial charge in [-0.3, -0.25) is 4.79 Å². The molecule has 1 amide bonds. The minimum atomic E-state index is 0.00707. The Morgan fingerprint density at radius 3 is 3.05 bits per heavy atom. The molecule has 2 aromatic rings. The number of benzene rings is 1. The predicted octanol–water partition coefficient (Wildman–Crippen LogP) is 2.02. The molecule has 6 heteroatoms. The number of rotatable bonds is 3. The van der Waals surface area contributed by atoms with Gasteiger partial charge in [0.25, 0.3) is 5.91 Å². The molecule has 1 aliphatic rings. The van der Waals surface area contributed by atoms with E-state index in [1.807, 2.05) is 17.0 Å². The maximum absolute atomic E-state index is 12.5. The Bertz CT molecular complexity index is 653. The molecule has 1 unspecified atom stereocenters. The Morgan fingerprint density at radius 1 is 1.48 bits per heavy atom. The summed E-state index contributed by atoms with van der Waals surface area (Å²) >= 11 is 0. The molecule has 0 bridgehead atoms. The van der Waals surface area contributed by atoms with Crippen molar-refractivity contribution in [2.24, 2.45) is 0 Å². The quantitative estimate of drug-likeness (QED) is 0.864. The molecule has 0 spiro atoms. The molecule has 110 valence electrons. The molecule has 21 heavy (non-hydrogen) atoms. The van der Waals surface area contributed by atoms with Crippen LogP contribution in [0.15, 0.2) is 28.8 Å². The third-order valence-corrected chi connectivity index (χ3v) is 3.68. The molecule has 0 radical (unpaired) electrons. The Morgan fingerprint density at radius 2 is 2.33 bits per heavy atom. The summed E-state index contributed by atoms with van der Waals surface area (Å²) in [6.45, 7) is 3.10. The molecule has 1 atom stereocenters. The number of likely N-dealkylation sites (tertiary alicyclic amines) is 1. The lowest BCUT2D eigenvalue weighted by Crippen LogP contribution is -2.28. The van der Waals surface area contributed by atoms with E-state index in [0.29, 0.717) is 36.1 Å². The molecule has 1 saturated heterocycles. The average molecular weight is 287 g/mol. The number of aromatic nitrogens is 2. The molecular weight excluding hydrogens is 270 g/mol. The summed E-state index contributed by atoms with van der Waals surface area (Å²) in [5, 5.41) is 3.81. The van der Waals surface area contributed by atoms with Crippen molar-refractivity contribution >= 4 is 5.91 Å². The standard InChI is InChI=1S/C15H17N3O3/c1-10-16-14(21-17-10)12-6-7-18(9-12)15(19)11-4-3-5-13(8-11)20-2/h3-5,8,12H,6-7,9H2,1-2H3. The van der Waals surface area contributed by atoms with Gasteiger partial charge in [0.1, 0.15) is 5.75 Å². The fraction of sp³-hybridized carbons (Fsp3) is 0.400. The van der Waals surface area contributed by atoms with E-state index in [4.69, 9.17) is 9.26 Å². The summed E-state index contributed by atoms with van der Waals surface area (Å²) in [5.74, 6) is 2.06. The average Bonchev–Trinajstić information content (AvgIpc) is 3.15. The van der Waals surface area contributed by atoms with E-state index >= 15 is 0 Å². The van der Waals surface area contributed by atoms with Crippen molar-refractivity contribution in [2.45, 2.75) is 19.3 Å². The van der Waals surface area contributed by atoms with E-state index in [1.165, 1.54) is 0 Å². The van der Waals surface area contributed by atoms with Gasteiger partial charge in [0.15, 0.2) is 5.82 Å². The highest BCUT2D eigenvalue weighted by Crippen LogP contribution is 2.27. The van der Waals surface area contributed by atoms with E-state index < -0.39 is 0 Å². The molecular formula is C15H17N3O3. The van der Waals surface area contributed by atoms with Gasteiger partial charge in [-0.25, -0.2) is 0 Å². The van der Waals surface area contributed by atoms with Crippen LogP contribution in [0.5, 0.6) is 5.75 Å². The Labute approximate surface area is 122 Å². The Balaban J connectivity index is 1.72. The summed E-state index contributed by atoms with van der Waals surface area (Å²) in [5.41, 5.74) is 0.636. The number of hydrogen-bond donors (Lipinski definition) is 0. The van der Waals surface area contributed by atoms with Crippen molar-refractivity contribution in [2.75, 3.05) is 20.2 Å². The first-order chi connectivity index (χ1) is 10.2. The monoisotopic (exact) mass is 287 g/mol. The molecule has 0 N–H and O–H groups in total. The SMILES string of the molecule is COc1cccc(C(=O)N2CCC(c3nc(C)no3)C2)c1. The molecule has 1 aliphatic heterocycles. The van der Waals surface area contributed by atoms with Crippen LogP contribution in [0.25, 0.3) is 0 Å². The third kappa shape index (κ3) is 2.74. The number of amides is 1. The van der Waals surface area contributed by atoms with Gasteiger partial charge < -0.3 is 14.2 Å². The lowest BCUT2D eigenvalue weighted by Gasteiger charge is -2.16. The molecule has 6 nitrogen and oxygen atoms in total. The van der Waals surface area contributed by atoms with Crippen molar-refractivity contribution in [3.8, 4) is 5.75 Å². The summed E-state index contributed by atoms with van der Waals surface area (Å²) in [4.78, 5) is 18.6. The van der Waals surface area contributed by atoms with Gasteiger partial charge in [-0.1, -0.05) is 11.2 Å². The van der Waals surface area contributed by atoms with Crippen molar-refractivity contribution in [1.29, 1.82) is 0 Å². The summed E-state index contributed by atoms with van der Waals surface area (Å²) in [7, 11) is 1.59. The number of hydrogen-bond acceptors (Lipinski definition) is 5. The topological polar surface area (TPSA) is 68.5 Å². The number of carbonyl (C=O) groups excluding carboxylic acids is 1. The number of methoxy groups -OCH3 is 1. The molecule has 1 aromatic carbocycles. The van der Waals surface area contributed by atoms with Crippen LogP contribution in [0.4, 0.5) is 0 Å². The zero-order chi connectivity index (χ0) is 14.8. The largest absolute Gasteiger partial charge is 0.497 e. The number of ether oxygens (including phenoxy) is 1. The first-order valence-electron chi connectivity index (χ1n) is 6.91. The number of carbonyl (C=O) groups is 1. The van der Waals surface area contributed by atoms with Crippen molar-refractivity contribution in [3.63, 3.8) is 0 Å². The number of nitrogens with zero attached hydrogens (tertiary/aromatic N) is 3. The summed E-state index contributed by atoms with van der Waals surface area (Å²) in [6, 6.07) is 7.20. The van der Waals surface area contributed by atoms with Crippen LogP contribution in [0.2, 0.25) is 0 Å². The fourth-order valence-electron chi connectivity index (χ4n) is 2.56. The van der Waals surface area contributed by atoms with Crippen LogP contribution in [0.1, 0.15) is 34.4 Å². The van der Waals surface area contributed by atoms with Gasteiger partial charge in [-0.2, -0.15) is 4.98 Å². The summed E-state index contributed by atoms with van der Waals surface area (Å²) in [6.07, 6.45) is 0.845. The van der Waals surface area contributed by atoms with Gasteiger partial charge in [0.2, 0.25) is 5.89 Å². The van der Waals surface area contributed by atoms with Crippen molar-refractivity contribution in [3.05, 3.63) is 41.5 Å². The Kier molecular flexibility index (Phi) is 3.60. The smallest absolute Gasteiger partial charge is 0.254 e. The normalized spacial score (nSPS) is 18.0. The van der Waals surface area contributed by atoms with Crippen molar-refractivity contribution < 1.29 is 14.1 Å². The molecule has 1 aromatic heterocycles. The Hall–Kier alpha value is -2.37. The molecule has 0 saturated carbocycles. The zero-order valence-electron chi connectivity index (χ0n) is 12.1. The second-order valence-corrected chi connectivity index (χ2v) is 5.15. The highest BCUT2D eigenvalue weighted by molar-refractivity contribution is 5.94. The minimum Gasteiger partial charge on any atom is -0.497 e. The van der Waals surface area contributed by atoms with Gasteiger partial charge in [0, 0.05) is 18.7 Å². The van der Waals surface area contributed by atoms with E-state index in [0.717, 1.165) is 6.42 Å². The van der Waals surface area contributed by atoms with E-state index in [1.54, 1.807) is 26.2 Å². The van der Waals surface area contributed by atoms with Crippen LogP contribution in [-0.2, 0) is 0 Å². The predicted molar refractivity (Wildman–Crippen MR) is 75.3 cm³/mol. The second kappa shape index (κ2) is 5.55. The van der Waals surface area contributed by atoms with E-state index in [-0.39, 0.29) is 11.8 Å². The van der Waals surface area contributed by atoms with Gasteiger partial charge in [-0.05, 0) is 31.5 Å². The minimum absolute atomic E-state index is 0.00707. The molecule has 3 rings (SSSR count). The first-order valence-corrected chi connectivity index (χ1v) is 6.91. The van der Waals surface area contributed by atoms with Gasteiger partial charge in [-0.15, -0.1) is 0 Å². The first kappa shape index (κ1) is 13.6. The highest BCUT2D eigenvalue weighted by atomic mass is 16.5. The second-order valence-electron chi connectivity index (χ2n) is 5.15. The van der Waals surface area contributed by atoms with E-state index in [2.05, 4.69) is 10.1 Å². The molecule has 1 fully saturated rings.